The molecule has 0 unspecified atom stereocenters. The maximum Gasteiger partial charge on any atom is 0.0490 e. The molecule has 3 aromatic carbocycles. The second-order valence-corrected chi connectivity index (χ2v) is 4.97. The van der Waals surface area contributed by atoms with E-state index in [1.165, 1.54) is 27.3 Å². The Morgan fingerprint density at radius 3 is 2.18 bits per heavy atom. The molecule has 3 aromatic rings. The minimum absolute atomic E-state index is 0.835. The van der Waals surface area contributed by atoms with Crippen LogP contribution in [-0.4, -0.2) is 0 Å². The fourth-order valence-electron chi connectivity index (χ4n) is 2.32. The lowest BCUT2D eigenvalue weighted by Crippen LogP contribution is -1.85. The molecule has 0 atom stereocenters. The smallest absolute Gasteiger partial charge is 0.0490 e. The van der Waals surface area contributed by atoms with E-state index in [-0.39, 0.29) is 0 Å². The highest BCUT2D eigenvalue weighted by Crippen LogP contribution is 2.33. The molecule has 0 aliphatic rings. The monoisotopic (exact) mass is 240 g/mol. The third-order valence-corrected chi connectivity index (χ3v) is 3.74. The average molecular weight is 241 g/mol. The molecule has 0 spiro atoms. The molecule has 0 amide bonds. The SMILES string of the molecule is Cc1cc2c(Cl)cc3ccccc3c2cc1C. The molecule has 0 aliphatic heterocycles. The van der Waals surface area contributed by atoms with E-state index in [4.69, 9.17) is 11.6 Å². The van der Waals surface area contributed by atoms with Crippen molar-refractivity contribution in [1.29, 1.82) is 0 Å². The minimum atomic E-state index is 0.835. The second-order valence-electron chi connectivity index (χ2n) is 4.56. The topological polar surface area (TPSA) is 0 Å². The van der Waals surface area contributed by atoms with E-state index in [0.29, 0.717) is 0 Å². The third kappa shape index (κ3) is 1.60. The first-order valence-corrected chi connectivity index (χ1v) is 6.13. The van der Waals surface area contributed by atoms with Crippen molar-refractivity contribution < 1.29 is 0 Å². The Hall–Kier alpha value is -1.53. The first-order chi connectivity index (χ1) is 8.16. The van der Waals surface area contributed by atoms with E-state index in [9.17, 15) is 0 Å². The lowest BCUT2D eigenvalue weighted by molar-refractivity contribution is 1.37. The number of rotatable bonds is 0. The fourth-order valence-corrected chi connectivity index (χ4v) is 2.59. The summed E-state index contributed by atoms with van der Waals surface area (Å²) in [5, 5.41) is 5.70. The summed E-state index contributed by atoms with van der Waals surface area (Å²) in [4.78, 5) is 0. The first kappa shape index (κ1) is 10.6. The Morgan fingerprint density at radius 1 is 0.765 bits per heavy atom. The highest BCUT2D eigenvalue weighted by atomic mass is 35.5. The van der Waals surface area contributed by atoms with Crippen LogP contribution in [0.5, 0.6) is 0 Å². The van der Waals surface area contributed by atoms with Crippen molar-refractivity contribution in [3.8, 4) is 0 Å². The number of hydrogen-bond acceptors (Lipinski definition) is 0. The van der Waals surface area contributed by atoms with Crippen molar-refractivity contribution in [2.24, 2.45) is 0 Å². The van der Waals surface area contributed by atoms with Gasteiger partial charge in [-0.3, -0.25) is 0 Å². The third-order valence-electron chi connectivity index (χ3n) is 3.42. The summed E-state index contributed by atoms with van der Waals surface area (Å²) in [6.07, 6.45) is 0. The van der Waals surface area contributed by atoms with Gasteiger partial charge in [0, 0.05) is 10.4 Å². The van der Waals surface area contributed by atoms with Crippen LogP contribution >= 0.6 is 11.6 Å². The van der Waals surface area contributed by atoms with Crippen molar-refractivity contribution in [1.82, 2.24) is 0 Å². The highest BCUT2D eigenvalue weighted by molar-refractivity contribution is 6.37. The predicted octanol–water partition coefficient (Wildman–Crippen LogP) is 5.26. The summed E-state index contributed by atoms with van der Waals surface area (Å²) in [6.45, 7) is 4.27. The number of fused-ring (bicyclic) bond motifs is 3. The van der Waals surface area contributed by atoms with Crippen LogP contribution in [0.4, 0.5) is 0 Å². The Morgan fingerprint density at radius 2 is 1.41 bits per heavy atom. The maximum atomic E-state index is 6.36. The van der Waals surface area contributed by atoms with Gasteiger partial charge < -0.3 is 0 Å². The summed E-state index contributed by atoms with van der Waals surface area (Å²) in [7, 11) is 0. The van der Waals surface area contributed by atoms with Gasteiger partial charge in [0.25, 0.3) is 0 Å². The molecule has 17 heavy (non-hydrogen) atoms. The molecule has 0 nitrogen and oxygen atoms in total. The van der Waals surface area contributed by atoms with Gasteiger partial charge in [-0.15, -0.1) is 0 Å². The van der Waals surface area contributed by atoms with E-state index in [1.807, 2.05) is 12.1 Å². The average Bonchev–Trinajstić information content (AvgIpc) is 2.32. The molecule has 1 heteroatoms. The van der Waals surface area contributed by atoms with Gasteiger partial charge in [-0.25, -0.2) is 0 Å². The summed E-state index contributed by atoms with van der Waals surface area (Å²) in [5.41, 5.74) is 2.60. The van der Waals surface area contributed by atoms with E-state index in [2.05, 4.69) is 44.2 Å². The summed E-state index contributed by atoms with van der Waals surface area (Å²) >= 11 is 6.36. The lowest BCUT2D eigenvalue weighted by atomic mass is 9.97. The van der Waals surface area contributed by atoms with Gasteiger partial charge >= 0.3 is 0 Å². The molecule has 84 valence electrons. The Kier molecular flexibility index (Phi) is 2.34. The first-order valence-electron chi connectivity index (χ1n) is 5.75. The van der Waals surface area contributed by atoms with Crippen LogP contribution in [0.3, 0.4) is 0 Å². The molecule has 0 aromatic heterocycles. The zero-order valence-corrected chi connectivity index (χ0v) is 10.7. The highest BCUT2D eigenvalue weighted by Gasteiger charge is 2.06. The van der Waals surface area contributed by atoms with Crippen LogP contribution in [0.1, 0.15) is 11.1 Å². The summed E-state index contributed by atoms with van der Waals surface area (Å²) < 4.78 is 0. The Bertz CT molecular complexity index is 726. The molecule has 0 radical (unpaired) electrons. The van der Waals surface area contributed by atoms with Crippen LogP contribution in [-0.2, 0) is 0 Å². The van der Waals surface area contributed by atoms with Gasteiger partial charge in [0.15, 0.2) is 0 Å². The Balaban J connectivity index is 2.60. The molecule has 0 fully saturated rings. The summed E-state index contributed by atoms with van der Waals surface area (Å²) in [6, 6.07) is 14.8. The van der Waals surface area contributed by atoms with Gasteiger partial charge in [0.1, 0.15) is 0 Å². The van der Waals surface area contributed by atoms with Gasteiger partial charge in [-0.2, -0.15) is 0 Å². The number of aryl methyl sites for hydroxylation is 2. The van der Waals surface area contributed by atoms with Crippen LogP contribution in [0, 0.1) is 13.8 Å². The zero-order valence-electron chi connectivity index (χ0n) is 9.92. The van der Waals surface area contributed by atoms with E-state index in [0.717, 1.165) is 10.4 Å². The number of hydrogen-bond donors (Lipinski definition) is 0. The maximum absolute atomic E-state index is 6.36. The van der Waals surface area contributed by atoms with Crippen LogP contribution < -0.4 is 0 Å². The quantitative estimate of drug-likeness (QED) is 0.470. The standard InChI is InChI=1S/C16H13Cl/c1-10-7-14-13-6-4-3-5-12(13)9-16(17)15(14)8-11(10)2/h3-9H,1-2H3. The minimum Gasteiger partial charge on any atom is -0.0836 e. The second kappa shape index (κ2) is 3.75. The molecule has 0 heterocycles. The molecular weight excluding hydrogens is 228 g/mol. The van der Waals surface area contributed by atoms with E-state index in [1.54, 1.807) is 0 Å². The van der Waals surface area contributed by atoms with Crippen molar-refractivity contribution in [2.45, 2.75) is 13.8 Å². The molecule has 0 bridgehead atoms. The van der Waals surface area contributed by atoms with Gasteiger partial charge in [0.05, 0.1) is 0 Å². The fraction of sp³-hybridized carbons (Fsp3) is 0.125. The van der Waals surface area contributed by atoms with Crippen LogP contribution in [0.15, 0.2) is 42.5 Å². The molecule has 3 rings (SSSR count). The zero-order chi connectivity index (χ0) is 12.0. The van der Waals surface area contributed by atoms with Gasteiger partial charge in [0.2, 0.25) is 0 Å². The predicted molar refractivity (Wildman–Crippen MR) is 75.9 cm³/mol. The van der Waals surface area contributed by atoms with Crippen LogP contribution in [0.2, 0.25) is 5.02 Å². The number of benzene rings is 3. The van der Waals surface area contributed by atoms with Crippen molar-refractivity contribution in [3.05, 3.63) is 58.6 Å². The lowest BCUT2D eigenvalue weighted by Gasteiger charge is -2.09. The molecule has 0 saturated heterocycles. The number of halogens is 1. The van der Waals surface area contributed by atoms with Crippen molar-refractivity contribution in [3.63, 3.8) is 0 Å². The molecule has 0 saturated carbocycles. The normalized spacial score (nSPS) is 11.2. The molecular formula is C16H13Cl. The summed E-state index contributed by atoms with van der Waals surface area (Å²) in [5.74, 6) is 0. The van der Waals surface area contributed by atoms with Crippen LogP contribution in [0.25, 0.3) is 21.5 Å². The Labute approximate surface area is 106 Å². The van der Waals surface area contributed by atoms with Crippen molar-refractivity contribution >= 4 is 33.1 Å². The van der Waals surface area contributed by atoms with Gasteiger partial charge in [-0.05, 0) is 53.3 Å². The molecule has 0 aliphatic carbocycles. The molecule has 0 N–H and O–H groups in total. The van der Waals surface area contributed by atoms with Gasteiger partial charge in [-0.1, -0.05) is 41.9 Å². The van der Waals surface area contributed by atoms with E-state index < -0.39 is 0 Å². The largest absolute Gasteiger partial charge is 0.0836 e. The van der Waals surface area contributed by atoms with Crippen molar-refractivity contribution in [2.75, 3.05) is 0 Å². The van der Waals surface area contributed by atoms with E-state index >= 15 is 0 Å².